The lowest BCUT2D eigenvalue weighted by molar-refractivity contribution is 0.0953. The standard InChI is InChI=1S/C26H28N4O3S/c1-18-7-5-6-10-22(18)33-17-23-29-30-26(34-23)25(32)28-21-13-11-20(12-14-21)24(31)27-16-15-19-8-3-2-4-9-19/h5-8,10-14H,2-4,9,15-17H2,1H3,(H,27,31)(H,28,32). The van der Waals surface area contributed by atoms with E-state index < -0.39 is 0 Å². The number of amides is 2. The van der Waals surface area contributed by atoms with Gasteiger partial charge in [-0.15, -0.1) is 10.2 Å². The molecule has 0 saturated carbocycles. The lowest BCUT2D eigenvalue weighted by Gasteiger charge is -2.13. The van der Waals surface area contributed by atoms with Gasteiger partial charge in [0.1, 0.15) is 12.4 Å². The van der Waals surface area contributed by atoms with E-state index in [0.29, 0.717) is 22.8 Å². The topological polar surface area (TPSA) is 93.2 Å². The number of rotatable bonds is 9. The molecule has 0 radical (unpaired) electrons. The van der Waals surface area contributed by atoms with Gasteiger partial charge in [0, 0.05) is 17.8 Å². The fraction of sp³-hybridized carbons (Fsp3) is 0.308. The lowest BCUT2D eigenvalue weighted by atomic mass is 9.97. The Morgan fingerprint density at radius 3 is 2.62 bits per heavy atom. The molecule has 0 atom stereocenters. The van der Waals surface area contributed by atoms with Crippen LogP contribution in [0.25, 0.3) is 0 Å². The first-order valence-electron chi connectivity index (χ1n) is 11.5. The number of benzene rings is 2. The smallest absolute Gasteiger partial charge is 0.286 e. The van der Waals surface area contributed by atoms with Crippen LogP contribution in [0, 0.1) is 6.92 Å². The molecule has 0 aliphatic heterocycles. The van der Waals surface area contributed by atoms with Gasteiger partial charge in [-0.2, -0.15) is 0 Å². The third-order valence-corrected chi connectivity index (χ3v) is 6.52. The predicted molar refractivity (Wildman–Crippen MR) is 133 cm³/mol. The molecule has 0 fully saturated rings. The van der Waals surface area contributed by atoms with E-state index in [1.807, 2.05) is 31.2 Å². The minimum absolute atomic E-state index is 0.114. The van der Waals surface area contributed by atoms with Crippen molar-refractivity contribution >= 4 is 28.8 Å². The van der Waals surface area contributed by atoms with Crippen molar-refractivity contribution in [3.63, 3.8) is 0 Å². The van der Waals surface area contributed by atoms with Crippen LogP contribution in [0.3, 0.4) is 0 Å². The molecule has 1 aromatic heterocycles. The number of carbonyl (C=O) groups excluding carboxylic acids is 2. The summed E-state index contributed by atoms with van der Waals surface area (Å²) in [7, 11) is 0. The Morgan fingerprint density at radius 2 is 1.85 bits per heavy atom. The van der Waals surface area contributed by atoms with Gasteiger partial charge in [0.25, 0.3) is 11.8 Å². The average molecular weight is 477 g/mol. The van der Waals surface area contributed by atoms with Crippen LogP contribution in [-0.4, -0.2) is 28.6 Å². The van der Waals surface area contributed by atoms with E-state index in [2.05, 4.69) is 26.9 Å². The number of hydrogen-bond donors (Lipinski definition) is 2. The summed E-state index contributed by atoms with van der Waals surface area (Å²) in [4.78, 5) is 24.9. The molecule has 1 aliphatic carbocycles. The zero-order valence-corrected chi connectivity index (χ0v) is 20.0. The van der Waals surface area contributed by atoms with Gasteiger partial charge in [-0.05, 0) is 74.9 Å². The van der Waals surface area contributed by atoms with Crippen molar-refractivity contribution in [1.29, 1.82) is 0 Å². The Bertz CT molecular complexity index is 1170. The highest BCUT2D eigenvalue weighted by Gasteiger charge is 2.14. The molecule has 3 aromatic rings. The second-order valence-electron chi connectivity index (χ2n) is 8.20. The maximum absolute atomic E-state index is 12.5. The summed E-state index contributed by atoms with van der Waals surface area (Å²) in [6.07, 6.45) is 7.99. The number of carbonyl (C=O) groups is 2. The Morgan fingerprint density at radius 1 is 1.03 bits per heavy atom. The van der Waals surface area contributed by atoms with Crippen LogP contribution >= 0.6 is 11.3 Å². The number of hydrogen-bond acceptors (Lipinski definition) is 6. The lowest BCUT2D eigenvalue weighted by Crippen LogP contribution is -2.24. The molecule has 34 heavy (non-hydrogen) atoms. The third kappa shape index (κ3) is 6.51. The van der Waals surface area contributed by atoms with Gasteiger partial charge in [-0.3, -0.25) is 9.59 Å². The van der Waals surface area contributed by atoms with Crippen molar-refractivity contribution in [1.82, 2.24) is 15.5 Å². The molecular weight excluding hydrogens is 448 g/mol. The number of anilines is 1. The number of allylic oxidation sites excluding steroid dienone is 1. The Hall–Kier alpha value is -3.52. The summed E-state index contributed by atoms with van der Waals surface area (Å²) in [5, 5.41) is 14.7. The van der Waals surface area contributed by atoms with E-state index in [0.717, 1.165) is 30.6 Å². The first-order chi connectivity index (χ1) is 16.6. The molecule has 2 aromatic carbocycles. The molecule has 0 bridgehead atoms. The summed E-state index contributed by atoms with van der Waals surface area (Å²) < 4.78 is 5.77. The number of aryl methyl sites for hydroxylation is 1. The molecule has 176 valence electrons. The van der Waals surface area contributed by atoms with Crippen LogP contribution < -0.4 is 15.4 Å². The molecule has 1 heterocycles. The second kappa shape index (κ2) is 11.6. The normalized spacial score (nSPS) is 13.1. The molecule has 7 nitrogen and oxygen atoms in total. The molecule has 4 rings (SSSR count). The van der Waals surface area contributed by atoms with Gasteiger partial charge in [0.15, 0.2) is 5.01 Å². The van der Waals surface area contributed by atoms with Crippen LogP contribution in [0.4, 0.5) is 5.69 Å². The minimum Gasteiger partial charge on any atom is -0.486 e. The van der Waals surface area contributed by atoms with E-state index in [4.69, 9.17) is 4.74 Å². The zero-order valence-electron chi connectivity index (χ0n) is 19.2. The van der Waals surface area contributed by atoms with Gasteiger partial charge >= 0.3 is 0 Å². The Labute approximate surface area is 203 Å². The van der Waals surface area contributed by atoms with E-state index in [-0.39, 0.29) is 23.4 Å². The van der Waals surface area contributed by atoms with Crippen molar-refractivity contribution in [3.8, 4) is 5.75 Å². The van der Waals surface area contributed by atoms with Gasteiger partial charge in [0.05, 0.1) is 0 Å². The Balaban J connectivity index is 1.25. The van der Waals surface area contributed by atoms with E-state index in [9.17, 15) is 9.59 Å². The molecule has 2 N–H and O–H groups in total. The fourth-order valence-electron chi connectivity index (χ4n) is 3.72. The molecule has 0 saturated heterocycles. The summed E-state index contributed by atoms with van der Waals surface area (Å²) in [5.41, 5.74) is 3.61. The number of nitrogens with one attached hydrogen (secondary N) is 2. The van der Waals surface area contributed by atoms with Crippen molar-refractivity contribution in [3.05, 3.63) is 81.3 Å². The molecule has 0 unspecified atom stereocenters. The Kier molecular flexibility index (Phi) is 8.04. The highest BCUT2D eigenvalue weighted by molar-refractivity contribution is 7.13. The van der Waals surface area contributed by atoms with Crippen molar-refractivity contribution in [2.75, 3.05) is 11.9 Å². The van der Waals surface area contributed by atoms with Crippen molar-refractivity contribution in [2.45, 2.75) is 45.6 Å². The molecule has 2 amide bonds. The number of nitrogens with zero attached hydrogens (tertiary/aromatic N) is 2. The SMILES string of the molecule is Cc1ccccc1OCc1nnc(C(=O)Nc2ccc(C(=O)NCCC3=CCCCC3)cc2)s1. The average Bonchev–Trinajstić information content (AvgIpc) is 3.34. The van der Waals surface area contributed by atoms with Crippen LogP contribution in [0.15, 0.2) is 60.2 Å². The van der Waals surface area contributed by atoms with Gasteiger partial charge in [-0.1, -0.05) is 41.2 Å². The summed E-state index contributed by atoms with van der Waals surface area (Å²) >= 11 is 1.19. The highest BCUT2D eigenvalue weighted by Crippen LogP contribution is 2.21. The zero-order chi connectivity index (χ0) is 23.8. The van der Waals surface area contributed by atoms with Crippen LogP contribution in [0.1, 0.15) is 62.8 Å². The molecular formula is C26H28N4O3S. The first kappa shape index (κ1) is 23.6. The van der Waals surface area contributed by atoms with E-state index in [1.54, 1.807) is 24.3 Å². The molecule has 0 spiro atoms. The summed E-state index contributed by atoms with van der Waals surface area (Å²) in [5.74, 6) is 0.313. The first-order valence-corrected chi connectivity index (χ1v) is 12.3. The third-order valence-electron chi connectivity index (χ3n) is 5.63. The van der Waals surface area contributed by atoms with Crippen LogP contribution in [-0.2, 0) is 6.61 Å². The van der Waals surface area contributed by atoms with Crippen molar-refractivity contribution < 1.29 is 14.3 Å². The number of aromatic nitrogens is 2. The molecule has 8 heteroatoms. The fourth-order valence-corrected chi connectivity index (χ4v) is 4.37. The van der Waals surface area contributed by atoms with E-state index in [1.165, 1.54) is 29.8 Å². The summed E-state index contributed by atoms with van der Waals surface area (Å²) in [6.45, 7) is 2.85. The molecule has 1 aliphatic rings. The monoisotopic (exact) mass is 476 g/mol. The van der Waals surface area contributed by atoms with Crippen molar-refractivity contribution in [2.24, 2.45) is 0 Å². The van der Waals surface area contributed by atoms with Gasteiger partial charge in [-0.25, -0.2) is 0 Å². The van der Waals surface area contributed by atoms with Gasteiger partial charge < -0.3 is 15.4 Å². The van der Waals surface area contributed by atoms with Crippen LogP contribution in [0.5, 0.6) is 5.75 Å². The minimum atomic E-state index is -0.349. The second-order valence-corrected chi connectivity index (χ2v) is 9.26. The number of para-hydroxylation sites is 1. The largest absolute Gasteiger partial charge is 0.486 e. The maximum Gasteiger partial charge on any atom is 0.286 e. The highest BCUT2D eigenvalue weighted by atomic mass is 32.1. The van der Waals surface area contributed by atoms with Crippen LogP contribution in [0.2, 0.25) is 0 Å². The summed E-state index contributed by atoms with van der Waals surface area (Å²) in [6, 6.07) is 14.5. The quantitative estimate of drug-likeness (QED) is 0.409. The predicted octanol–water partition coefficient (Wildman–Crippen LogP) is 5.30. The van der Waals surface area contributed by atoms with E-state index >= 15 is 0 Å². The van der Waals surface area contributed by atoms with Gasteiger partial charge in [0.2, 0.25) is 5.01 Å². The number of ether oxygens (including phenoxy) is 1. The maximum atomic E-state index is 12.5.